The summed E-state index contributed by atoms with van der Waals surface area (Å²) in [5.41, 5.74) is 1.28. The lowest BCUT2D eigenvalue weighted by atomic mass is 9.93. The molecule has 0 bridgehead atoms. The summed E-state index contributed by atoms with van der Waals surface area (Å²) in [5, 5.41) is 0. The number of carbonyl (C=O) groups excluding carboxylic acids is 3. The minimum atomic E-state index is -0.635. The maximum atomic E-state index is 12.4. The zero-order valence-electron chi connectivity index (χ0n) is 20.8. The van der Waals surface area contributed by atoms with Crippen LogP contribution in [-0.4, -0.2) is 24.1 Å². The van der Waals surface area contributed by atoms with E-state index in [4.69, 9.17) is 9.47 Å². The molecule has 5 nitrogen and oxygen atoms in total. The molecule has 2 aromatic rings. The van der Waals surface area contributed by atoms with Gasteiger partial charge < -0.3 is 9.47 Å². The fraction of sp³-hybridized carbons (Fsp3) is 0.483. The van der Waals surface area contributed by atoms with Crippen LogP contribution in [0.15, 0.2) is 48.5 Å². The minimum absolute atomic E-state index is 0.145. The van der Waals surface area contributed by atoms with Crippen LogP contribution in [0, 0.1) is 5.92 Å². The lowest BCUT2D eigenvalue weighted by Crippen LogP contribution is -2.21. The molecule has 0 atom stereocenters. The van der Waals surface area contributed by atoms with Gasteiger partial charge in [-0.15, -0.1) is 0 Å². The van der Waals surface area contributed by atoms with Gasteiger partial charge in [0, 0.05) is 0 Å². The van der Waals surface area contributed by atoms with Gasteiger partial charge in [-0.3, -0.25) is 9.59 Å². The first-order valence-electron chi connectivity index (χ1n) is 12.5. The number of carbonyl (C=O) groups is 3. The van der Waals surface area contributed by atoms with Crippen LogP contribution in [0.25, 0.3) is 0 Å². The number of benzene rings is 2. The lowest BCUT2D eigenvalue weighted by Gasteiger charge is -2.11. The molecule has 0 saturated heterocycles. The van der Waals surface area contributed by atoms with Crippen LogP contribution in [0.3, 0.4) is 0 Å². The predicted octanol–water partition coefficient (Wildman–Crippen LogP) is 6.76. The van der Waals surface area contributed by atoms with Crippen molar-refractivity contribution in [2.45, 2.75) is 78.6 Å². The molecule has 0 aliphatic carbocycles. The number of ether oxygens (including phenoxy) is 2. The molecule has 0 spiro atoms. The molecule has 2 aromatic carbocycles. The van der Waals surface area contributed by atoms with Crippen molar-refractivity contribution in [2.75, 3.05) is 6.61 Å². The smallest absolute Gasteiger partial charge is 0.343 e. The number of unbranched alkanes of at least 4 members (excludes halogenated alkanes) is 7. The highest BCUT2D eigenvalue weighted by molar-refractivity contribution is 6.00. The normalized spacial score (nSPS) is 10.8. The molecule has 2 rings (SSSR count). The Bertz CT molecular complexity index is 885. The monoisotopic (exact) mass is 466 g/mol. The molecule has 184 valence electrons. The number of ketones is 2. The van der Waals surface area contributed by atoms with Crippen LogP contribution < -0.4 is 9.47 Å². The van der Waals surface area contributed by atoms with E-state index in [0.717, 1.165) is 17.7 Å². The van der Waals surface area contributed by atoms with Crippen molar-refractivity contribution in [3.8, 4) is 11.5 Å². The third-order valence-electron chi connectivity index (χ3n) is 5.91. The largest absolute Gasteiger partial charge is 0.494 e. The molecular weight excluding hydrogens is 428 g/mol. The molecule has 0 aliphatic heterocycles. The van der Waals surface area contributed by atoms with Crippen molar-refractivity contribution in [1.29, 1.82) is 0 Å². The fourth-order valence-electron chi connectivity index (χ4n) is 3.78. The first kappa shape index (κ1) is 27.3. The number of Topliss-reactive ketones (excluding diaryl/α,β-unsaturated/α-hetero) is 2. The Morgan fingerprint density at radius 2 is 1.24 bits per heavy atom. The van der Waals surface area contributed by atoms with Crippen LogP contribution in [-0.2, 0) is 16.0 Å². The highest BCUT2D eigenvalue weighted by Crippen LogP contribution is 2.19. The third-order valence-corrected chi connectivity index (χ3v) is 5.91. The van der Waals surface area contributed by atoms with E-state index in [1.54, 1.807) is 48.5 Å². The van der Waals surface area contributed by atoms with E-state index in [1.165, 1.54) is 58.8 Å². The van der Waals surface area contributed by atoms with Crippen LogP contribution in [0.4, 0.5) is 0 Å². The lowest BCUT2D eigenvalue weighted by molar-refractivity contribution is -0.130. The maximum absolute atomic E-state index is 12.4. The van der Waals surface area contributed by atoms with Crippen LogP contribution in [0.5, 0.6) is 11.5 Å². The Morgan fingerprint density at radius 1 is 0.706 bits per heavy atom. The molecule has 0 fully saturated rings. The van der Waals surface area contributed by atoms with Gasteiger partial charge in [-0.2, -0.15) is 0 Å². The summed E-state index contributed by atoms with van der Waals surface area (Å²) in [6.45, 7) is 5.77. The van der Waals surface area contributed by atoms with Crippen molar-refractivity contribution in [2.24, 2.45) is 5.92 Å². The van der Waals surface area contributed by atoms with E-state index in [1.807, 2.05) is 0 Å². The zero-order chi connectivity index (χ0) is 24.8. The molecule has 0 amide bonds. The second kappa shape index (κ2) is 15.0. The molecule has 0 unspecified atom stereocenters. The van der Waals surface area contributed by atoms with Gasteiger partial charge in [0.15, 0.2) is 0 Å². The summed E-state index contributed by atoms with van der Waals surface area (Å²) in [5.74, 6) is -0.223. The third kappa shape index (κ3) is 9.90. The Hall–Kier alpha value is -2.95. The van der Waals surface area contributed by atoms with Crippen molar-refractivity contribution >= 4 is 17.5 Å². The van der Waals surface area contributed by atoms with Crippen molar-refractivity contribution < 1.29 is 23.9 Å². The molecule has 0 N–H and O–H groups in total. The van der Waals surface area contributed by atoms with Gasteiger partial charge in [0.05, 0.1) is 18.1 Å². The second-order valence-electron chi connectivity index (χ2n) is 8.86. The van der Waals surface area contributed by atoms with Gasteiger partial charge in [-0.25, -0.2) is 4.79 Å². The predicted molar refractivity (Wildman–Crippen MR) is 135 cm³/mol. The quantitative estimate of drug-likeness (QED) is 0.118. The highest BCUT2D eigenvalue weighted by Gasteiger charge is 2.19. The SMILES string of the molecule is CCCCCCCCCCOc1ccc(C(=O)Oc2ccc(CC(C(C)=O)C(C)=O)cc2)cc1. The van der Waals surface area contributed by atoms with Crippen LogP contribution in [0.2, 0.25) is 0 Å². The number of esters is 1. The molecular formula is C29H38O5. The highest BCUT2D eigenvalue weighted by atomic mass is 16.5. The topological polar surface area (TPSA) is 69.7 Å². The van der Waals surface area contributed by atoms with E-state index >= 15 is 0 Å². The Morgan fingerprint density at radius 3 is 1.79 bits per heavy atom. The summed E-state index contributed by atoms with van der Waals surface area (Å²) in [4.78, 5) is 35.7. The summed E-state index contributed by atoms with van der Waals surface area (Å²) in [7, 11) is 0. The van der Waals surface area contributed by atoms with E-state index in [9.17, 15) is 14.4 Å². The molecule has 0 heterocycles. The average molecular weight is 467 g/mol. The number of hydrogen-bond acceptors (Lipinski definition) is 5. The molecule has 34 heavy (non-hydrogen) atoms. The van der Waals surface area contributed by atoms with Gasteiger partial charge in [-0.05, 0) is 68.7 Å². The van der Waals surface area contributed by atoms with Crippen molar-refractivity contribution in [3.63, 3.8) is 0 Å². The molecule has 0 radical (unpaired) electrons. The second-order valence-corrected chi connectivity index (χ2v) is 8.86. The van der Waals surface area contributed by atoms with Crippen LogP contribution >= 0.6 is 0 Å². The van der Waals surface area contributed by atoms with Gasteiger partial charge in [0.25, 0.3) is 0 Å². The van der Waals surface area contributed by atoms with E-state index in [2.05, 4.69) is 6.92 Å². The summed E-state index contributed by atoms with van der Waals surface area (Å²) >= 11 is 0. The molecule has 0 aromatic heterocycles. The summed E-state index contributed by atoms with van der Waals surface area (Å²) in [6.07, 6.45) is 10.4. The van der Waals surface area contributed by atoms with E-state index in [-0.39, 0.29) is 11.6 Å². The Balaban J connectivity index is 1.74. The Kier molecular flexibility index (Phi) is 12.1. The number of rotatable bonds is 16. The molecule has 5 heteroatoms. The van der Waals surface area contributed by atoms with Crippen molar-refractivity contribution in [1.82, 2.24) is 0 Å². The van der Waals surface area contributed by atoms with Gasteiger partial charge in [0.2, 0.25) is 0 Å². The molecule has 0 saturated carbocycles. The van der Waals surface area contributed by atoms with E-state index in [0.29, 0.717) is 24.3 Å². The van der Waals surface area contributed by atoms with Gasteiger partial charge in [-0.1, -0.05) is 64.0 Å². The van der Waals surface area contributed by atoms with Gasteiger partial charge >= 0.3 is 5.97 Å². The Labute approximate surface area is 203 Å². The number of hydrogen-bond donors (Lipinski definition) is 0. The van der Waals surface area contributed by atoms with E-state index < -0.39 is 11.9 Å². The summed E-state index contributed by atoms with van der Waals surface area (Å²) in [6, 6.07) is 13.8. The standard InChI is InChI=1S/C29H38O5/c1-4-5-6-7-8-9-10-11-20-33-26-18-14-25(15-19-26)29(32)34-27-16-12-24(13-17-27)21-28(22(2)30)23(3)31/h12-19,28H,4-11,20-21H2,1-3H3. The molecule has 0 aliphatic rings. The minimum Gasteiger partial charge on any atom is -0.494 e. The first-order valence-corrected chi connectivity index (χ1v) is 12.5. The summed E-state index contributed by atoms with van der Waals surface area (Å²) < 4.78 is 11.2. The van der Waals surface area contributed by atoms with Crippen molar-refractivity contribution in [3.05, 3.63) is 59.7 Å². The fourth-order valence-corrected chi connectivity index (χ4v) is 3.78. The zero-order valence-corrected chi connectivity index (χ0v) is 20.8. The van der Waals surface area contributed by atoms with Crippen LogP contribution in [0.1, 0.15) is 88.1 Å². The first-order chi connectivity index (χ1) is 16.4. The average Bonchev–Trinajstić information content (AvgIpc) is 2.82. The van der Waals surface area contributed by atoms with Gasteiger partial charge in [0.1, 0.15) is 23.1 Å². The maximum Gasteiger partial charge on any atom is 0.343 e.